The lowest BCUT2D eigenvalue weighted by atomic mass is 10.1. The minimum atomic E-state index is -1.60. The predicted octanol–water partition coefficient (Wildman–Crippen LogP) is 2.61. The summed E-state index contributed by atoms with van der Waals surface area (Å²) in [6.45, 7) is 1.60. The number of hydrogen-bond acceptors (Lipinski definition) is 5. The zero-order chi connectivity index (χ0) is 16.0. The fourth-order valence-electron chi connectivity index (χ4n) is 2.48. The van der Waals surface area contributed by atoms with E-state index < -0.39 is 16.5 Å². The molecule has 1 saturated carbocycles. The first kappa shape index (κ1) is 14.1. The number of hydrogen-bond donors (Lipinski definition) is 1. The van der Waals surface area contributed by atoms with Crippen molar-refractivity contribution in [3.8, 4) is 5.75 Å². The van der Waals surface area contributed by atoms with Crippen molar-refractivity contribution >= 4 is 22.7 Å². The number of aryl methyl sites for hydroxylation is 1. The second-order valence-corrected chi connectivity index (χ2v) is 5.24. The number of benzene rings is 1. The van der Waals surface area contributed by atoms with E-state index in [0.29, 0.717) is 11.1 Å². The van der Waals surface area contributed by atoms with Gasteiger partial charge in [-0.15, -0.1) is 0 Å². The first-order valence-electron chi connectivity index (χ1n) is 6.63. The maximum absolute atomic E-state index is 12.3. The van der Waals surface area contributed by atoms with Crippen molar-refractivity contribution in [2.45, 2.75) is 25.8 Å². The molecule has 8 nitrogen and oxygen atoms in total. The fourth-order valence-corrected chi connectivity index (χ4v) is 2.48. The molecule has 0 amide bonds. The zero-order valence-electron chi connectivity index (χ0n) is 11.6. The molecule has 2 aromatic rings. The number of nitro benzene ring substituents is 1. The molecular formula is C14H12N2O6. The second-order valence-electron chi connectivity index (χ2n) is 5.24. The van der Waals surface area contributed by atoms with Crippen LogP contribution in [-0.4, -0.2) is 20.8 Å². The Kier molecular flexibility index (Phi) is 3.09. The molecule has 8 heteroatoms. The molecule has 0 aliphatic heterocycles. The predicted molar refractivity (Wildman–Crippen MR) is 76.5 cm³/mol. The molecule has 1 aliphatic rings. The highest BCUT2D eigenvalue weighted by Crippen LogP contribution is 2.38. The van der Waals surface area contributed by atoms with Gasteiger partial charge in [0.1, 0.15) is 0 Å². The van der Waals surface area contributed by atoms with Gasteiger partial charge in [-0.05, 0) is 25.8 Å². The normalized spacial score (nSPS) is 14.0. The Balaban J connectivity index is 2.35. The minimum Gasteiger partial charge on any atom is -0.449 e. The summed E-state index contributed by atoms with van der Waals surface area (Å²) in [6, 6.07) is 2.92. The number of carboxylic acid groups (broad SMARTS) is 1. The van der Waals surface area contributed by atoms with E-state index in [4.69, 9.17) is 5.11 Å². The average molecular weight is 304 g/mol. The van der Waals surface area contributed by atoms with E-state index in [1.165, 1.54) is 12.3 Å². The van der Waals surface area contributed by atoms with Gasteiger partial charge in [0, 0.05) is 17.7 Å². The first-order valence-corrected chi connectivity index (χ1v) is 6.63. The van der Waals surface area contributed by atoms with Crippen LogP contribution in [0.5, 0.6) is 5.75 Å². The maximum atomic E-state index is 12.3. The Hall–Kier alpha value is -2.90. The number of pyridine rings is 1. The van der Waals surface area contributed by atoms with Crippen molar-refractivity contribution in [2.75, 3.05) is 0 Å². The van der Waals surface area contributed by atoms with Gasteiger partial charge < -0.3 is 14.4 Å². The molecule has 22 heavy (non-hydrogen) atoms. The lowest BCUT2D eigenvalue weighted by Crippen LogP contribution is -2.16. The number of aromatic nitrogens is 1. The van der Waals surface area contributed by atoms with Crippen molar-refractivity contribution in [2.24, 2.45) is 0 Å². The van der Waals surface area contributed by atoms with Crippen LogP contribution in [0.2, 0.25) is 0 Å². The number of nitrogens with zero attached hydrogens (tertiary/aromatic N) is 2. The van der Waals surface area contributed by atoms with Crippen molar-refractivity contribution in [3.63, 3.8) is 0 Å². The van der Waals surface area contributed by atoms with Gasteiger partial charge in [-0.1, -0.05) is 0 Å². The van der Waals surface area contributed by atoms with Crippen LogP contribution in [-0.2, 0) is 0 Å². The van der Waals surface area contributed by atoms with E-state index in [2.05, 4.69) is 4.74 Å². The van der Waals surface area contributed by atoms with E-state index in [-0.39, 0.29) is 22.9 Å². The number of carbonyl (C=O) groups is 1. The zero-order valence-corrected chi connectivity index (χ0v) is 11.6. The lowest BCUT2D eigenvalue weighted by Gasteiger charge is -2.12. The van der Waals surface area contributed by atoms with Crippen LogP contribution in [0.1, 0.15) is 24.4 Å². The van der Waals surface area contributed by atoms with Gasteiger partial charge in [-0.25, -0.2) is 4.79 Å². The number of nitro groups is 1. The highest BCUT2D eigenvalue weighted by Gasteiger charge is 2.27. The largest absolute Gasteiger partial charge is 0.511 e. The standard InChI is InChI=1S/C14H12N2O6/c1-7-4-11-9(5-10(7)16(20)21)13(17)12(22-14(18)19)6-15(11)8-2-3-8/h4-6,8H,2-3H2,1H3,(H,18,19). The molecule has 0 unspecified atom stereocenters. The molecule has 0 radical (unpaired) electrons. The van der Waals surface area contributed by atoms with Crippen LogP contribution in [0, 0.1) is 17.0 Å². The summed E-state index contributed by atoms with van der Waals surface area (Å²) < 4.78 is 6.27. The van der Waals surface area contributed by atoms with Gasteiger partial charge in [0.2, 0.25) is 5.43 Å². The Morgan fingerprint density at radius 1 is 1.45 bits per heavy atom. The summed E-state index contributed by atoms with van der Waals surface area (Å²) >= 11 is 0. The Morgan fingerprint density at radius 3 is 2.68 bits per heavy atom. The second kappa shape index (κ2) is 4.83. The number of rotatable bonds is 3. The van der Waals surface area contributed by atoms with Gasteiger partial charge in [0.25, 0.3) is 5.69 Å². The van der Waals surface area contributed by atoms with Crippen LogP contribution in [0.25, 0.3) is 10.9 Å². The average Bonchev–Trinajstić information content (AvgIpc) is 3.25. The summed E-state index contributed by atoms with van der Waals surface area (Å²) in [6.07, 6.45) is 1.57. The fraction of sp³-hybridized carbons (Fsp3) is 0.286. The number of fused-ring (bicyclic) bond motifs is 1. The quantitative estimate of drug-likeness (QED) is 0.530. The summed E-state index contributed by atoms with van der Waals surface area (Å²) in [5, 5.41) is 19.8. The lowest BCUT2D eigenvalue weighted by molar-refractivity contribution is -0.385. The molecule has 0 atom stereocenters. The number of ether oxygens (including phenoxy) is 1. The molecule has 1 N–H and O–H groups in total. The topological polar surface area (TPSA) is 112 Å². The smallest absolute Gasteiger partial charge is 0.449 e. The van der Waals surface area contributed by atoms with Crippen LogP contribution >= 0.6 is 0 Å². The van der Waals surface area contributed by atoms with E-state index in [1.54, 1.807) is 17.6 Å². The van der Waals surface area contributed by atoms with Gasteiger partial charge in [0.05, 0.1) is 22.0 Å². The van der Waals surface area contributed by atoms with Gasteiger partial charge in [-0.2, -0.15) is 0 Å². The molecule has 114 valence electrons. The van der Waals surface area contributed by atoms with Crippen LogP contribution in [0.3, 0.4) is 0 Å². The van der Waals surface area contributed by atoms with Gasteiger partial charge in [0.15, 0.2) is 5.75 Å². The third-order valence-corrected chi connectivity index (χ3v) is 3.65. The van der Waals surface area contributed by atoms with Crippen molar-refractivity contribution in [1.29, 1.82) is 0 Å². The summed E-state index contributed by atoms with van der Waals surface area (Å²) in [7, 11) is 0. The summed E-state index contributed by atoms with van der Waals surface area (Å²) in [5.41, 5.74) is 0.142. The van der Waals surface area contributed by atoms with Crippen LogP contribution in [0.15, 0.2) is 23.1 Å². The molecule has 1 aliphatic carbocycles. The van der Waals surface area contributed by atoms with Crippen molar-refractivity contribution in [3.05, 3.63) is 44.2 Å². The van der Waals surface area contributed by atoms with Crippen molar-refractivity contribution < 1.29 is 19.6 Å². The maximum Gasteiger partial charge on any atom is 0.511 e. The molecule has 1 heterocycles. The highest BCUT2D eigenvalue weighted by molar-refractivity contribution is 5.84. The van der Waals surface area contributed by atoms with Crippen LogP contribution < -0.4 is 10.2 Å². The minimum absolute atomic E-state index is 0.0861. The monoisotopic (exact) mass is 304 g/mol. The molecule has 0 saturated heterocycles. The Bertz CT molecular complexity index is 866. The molecule has 3 rings (SSSR count). The van der Waals surface area contributed by atoms with Gasteiger partial charge in [-0.3, -0.25) is 14.9 Å². The first-order chi connectivity index (χ1) is 10.4. The molecule has 0 spiro atoms. The van der Waals surface area contributed by atoms with Crippen LogP contribution in [0.4, 0.5) is 10.5 Å². The Labute approximate surface area is 123 Å². The highest BCUT2D eigenvalue weighted by atomic mass is 16.7. The van der Waals surface area contributed by atoms with Gasteiger partial charge >= 0.3 is 6.16 Å². The third-order valence-electron chi connectivity index (χ3n) is 3.65. The molecule has 0 bridgehead atoms. The molecule has 1 aromatic heterocycles. The van der Waals surface area contributed by atoms with E-state index in [1.807, 2.05) is 0 Å². The summed E-state index contributed by atoms with van der Waals surface area (Å²) in [5.74, 6) is -0.343. The SMILES string of the molecule is Cc1cc2c(cc1[N+](=O)[O-])c(=O)c(OC(=O)O)cn2C1CC1. The molecular weight excluding hydrogens is 292 g/mol. The van der Waals surface area contributed by atoms with E-state index in [9.17, 15) is 19.7 Å². The molecule has 1 aromatic carbocycles. The summed E-state index contributed by atoms with van der Waals surface area (Å²) in [4.78, 5) is 33.5. The third kappa shape index (κ3) is 2.28. The van der Waals surface area contributed by atoms with Crippen molar-refractivity contribution in [1.82, 2.24) is 4.57 Å². The Morgan fingerprint density at radius 2 is 2.14 bits per heavy atom. The van der Waals surface area contributed by atoms with E-state index >= 15 is 0 Å². The van der Waals surface area contributed by atoms with E-state index in [0.717, 1.165) is 12.8 Å². The molecule has 1 fully saturated rings.